The lowest BCUT2D eigenvalue weighted by atomic mass is 10.2. The molecule has 1 saturated heterocycles. The number of amides is 1. The fraction of sp³-hybridized carbons (Fsp3) is 0.500. The third-order valence-corrected chi connectivity index (χ3v) is 3.75. The van der Waals surface area contributed by atoms with Gasteiger partial charge in [-0.3, -0.25) is 4.79 Å². The van der Waals surface area contributed by atoms with Crippen LogP contribution in [-0.4, -0.2) is 42.5 Å². The van der Waals surface area contributed by atoms with Crippen molar-refractivity contribution >= 4 is 39.3 Å². The first-order valence-corrected chi connectivity index (χ1v) is 6.96. The van der Waals surface area contributed by atoms with Crippen molar-refractivity contribution in [2.75, 3.05) is 25.5 Å². The van der Waals surface area contributed by atoms with Crippen LogP contribution in [0.3, 0.4) is 0 Å². The van der Waals surface area contributed by atoms with E-state index in [4.69, 9.17) is 11.6 Å². The van der Waals surface area contributed by atoms with Crippen molar-refractivity contribution < 1.29 is 4.79 Å². The molecule has 1 aliphatic rings. The first kappa shape index (κ1) is 13.6. The van der Waals surface area contributed by atoms with E-state index in [1.54, 1.807) is 31.3 Å². The molecule has 98 valence electrons. The lowest BCUT2D eigenvalue weighted by Gasteiger charge is -2.27. The summed E-state index contributed by atoms with van der Waals surface area (Å²) < 4.78 is 0.839. The van der Waals surface area contributed by atoms with Gasteiger partial charge in [0.2, 0.25) is 5.91 Å². The third kappa shape index (κ3) is 2.62. The number of halogens is 2. The molecule has 0 saturated carbocycles. The molecule has 1 atom stereocenters. The Labute approximate surface area is 120 Å². The zero-order chi connectivity index (χ0) is 13.3. The van der Waals surface area contributed by atoms with Gasteiger partial charge in [-0.15, -0.1) is 0 Å². The Morgan fingerprint density at radius 1 is 1.61 bits per heavy atom. The number of anilines is 1. The van der Waals surface area contributed by atoms with E-state index < -0.39 is 0 Å². The lowest BCUT2D eigenvalue weighted by molar-refractivity contribution is -0.129. The van der Waals surface area contributed by atoms with Crippen LogP contribution in [0.5, 0.6) is 0 Å². The van der Waals surface area contributed by atoms with Crippen molar-refractivity contribution in [1.29, 1.82) is 0 Å². The van der Waals surface area contributed by atoms with Gasteiger partial charge in [0, 0.05) is 31.3 Å². The highest BCUT2D eigenvalue weighted by Crippen LogP contribution is 2.31. The second kappa shape index (κ2) is 5.45. The molecule has 2 rings (SSSR count). The topological polar surface area (TPSA) is 36.4 Å². The Hall–Kier alpha value is -0.810. The first-order chi connectivity index (χ1) is 8.50. The average molecular weight is 333 g/mol. The minimum atomic E-state index is -0.147. The summed E-state index contributed by atoms with van der Waals surface area (Å²) in [5, 5.41) is 0.572. The molecular formula is C12H15BrClN3O. The molecule has 18 heavy (non-hydrogen) atoms. The third-order valence-electron chi connectivity index (χ3n) is 3.04. The number of hydrogen-bond donors (Lipinski definition) is 0. The van der Waals surface area contributed by atoms with E-state index in [-0.39, 0.29) is 11.9 Å². The standard InChI is InChI=1S/C12H15BrClN3O/c1-16(2)12(18)10-4-3-5-17(10)11-9(14)6-8(13)7-15-11/h6-7,10H,3-5H2,1-2H3. The molecule has 1 fully saturated rings. The van der Waals surface area contributed by atoms with Crippen LogP contribution in [0.2, 0.25) is 5.02 Å². The highest BCUT2D eigenvalue weighted by molar-refractivity contribution is 9.10. The van der Waals surface area contributed by atoms with Crippen molar-refractivity contribution in [2.45, 2.75) is 18.9 Å². The van der Waals surface area contributed by atoms with E-state index in [1.165, 1.54) is 0 Å². The number of pyridine rings is 1. The highest BCUT2D eigenvalue weighted by atomic mass is 79.9. The number of carbonyl (C=O) groups excluding carboxylic acids is 1. The maximum Gasteiger partial charge on any atom is 0.244 e. The summed E-state index contributed by atoms with van der Waals surface area (Å²) >= 11 is 9.53. The Bertz CT molecular complexity index is 467. The number of rotatable bonds is 2. The molecule has 6 heteroatoms. The van der Waals surface area contributed by atoms with Crippen LogP contribution in [0.15, 0.2) is 16.7 Å². The summed E-state index contributed by atoms with van der Waals surface area (Å²) in [6, 6.07) is 1.66. The fourth-order valence-electron chi connectivity index (χ4n) is 2.19. The van der Waals surface area contributed by atoms with Gasteiger partial charge in [0.15, 0.2) is 0 Å². The Morgan fingerprint density at radius 2 is 2.33 bits per heavy atom. The Kier molecular flexibility index (Phi) is 4.12. The van der Waals surface area contributed by atoms with E-state index in [2.05, 4.69) is 20.9 Å². The Morgan fingerprint density at radius 3 is 2.94 bits per heavy atom. The predicted molar refractivity (Wildman–Crippen MR) is 76.0 cm³/mol. The number of nitrogens with zero attached hydrogens (tertiary/aromatic N) is 3. The van der Waals surface area contributed by atoms with E-state index in [1.807, 2.05) is 4.90 Å². The van der Waals surface area contributed by atoms with Gasteiger partial charge in [-0.25, -0.2) is 4.98 Å². The van der Waals surface area contributed by atoms with Crippen molar-refractivity contribution in [3.05, 3.63) is 21.8 Å². The molecule has 0 aromatic carbocycles. The molecule has 4 nitrogen and oxygen atoms in total. The van der Waals surface area contributed by atoms with Crippen molar-refractivity contribution in [2.24, 2.45) is 0 Å². The minimum absolute atomic E-state index is 0.105. The molecule has 0 bridgehead atoms. The van der Waals surface area contributed by atoms with Gasteiger partial charge in [-0.2, -0.15) is 0 Å². The van der Waals surface area contributed by atoms with E-state index in [9.17, 15) is 4.79 Å². The van der Waals surface area contributed by atoms with Gasteiger partial charge in [-0.1, -0.05) is 11.6 Å². The largest absolute Gasteiger partial charge is 0.347 e. The van der Waals surface area contributed by atoms with E-state index in [0.29, 0.717) is 10.8 Å². The smallest absolute Gasteiger partial charge is 0.244 e. The zero-order valence-electron chi connectivity index (χ0n) is 10.4. The average Bonchev–Trinajstić information content (AvgIpc) is 2.76. The van der Waals surface area contributed by atoms with Crippen LogP contribution < -0.4 is 4.90 Å². The molecule has 2 heterocycles. The minimum Gasteiger partial charge on any atom is -0.347 e. The summed E-state index contributed by atoms with van der Waals surface area (Å²) in [4.78, 5) is 20.1. The quantitative estimate of drug-likeness (QED) is 0.835. The maximum absolute atomic E-state index is 12.1. The van der Waals surface area contributed by atoms with Crippen molar-refractivity contribution in [3.8, 4) is 0 Å². The molecule has 1 aromatic rings. The molecule has 0 aliphatic carbocycles. The van der Waals surface area contributed by atoms with E-state index >= 15 is 0 Å². The number of aromatic nitrogens is 1. The predicted octanol–water partition coefficient (Wildman–Crippen LogP) is 2.55. The lowest BCUT2D eigenvalue weighted by Crippen LogP contribution is -2.43. The molecule has 1 aliphatic heterocycles. The van der Waals surface area contributed by atoms with Crippen LogP contribution in [0.4, 0.5) is 5.82 Å². The summed E-state index contributed by atoms with van der Waals surface area (Å²) in [5.41, 5.74) is 0. The summed E-state index contributed by atoms with van der Waals surface area (Å²) in [6.07, 6.45) is 3.54. The SMILES string of the molecule is CN(C)C(=O)C1CCCN1c1ncc(Br)cc1Cl. The molecule has 1 amide bonds. The van der Waals surface area contributed by atoms with E-state index in [0.717, 1.165) is 23.9 Å². The van der Waals surface area contributed by atoms with Crippen LogP contribution >= 0.6 is 27.5 Å². The van der Waals surface area contributed by atoms with Gasteiger partial charge < -0.3 is 9.80 Å². The van der Waals surface area contributed by atoms with Crippen LogP contribution in [-0.2, 0) is 4.79 Å². The zero-order valence-corrected chi connectivity index (χ0v) is 12.7. The first-order valence-electron chi connectivity index (χ1n) is 5.79. The second-order valence-corrected chi connectivity index (χ2v) is 5.87. The molecule has 1 aromatic heterocycles. The van der Waals surface area contributed by atoms with Gasteiger partial charge >= 0.3 is 0 Å². The molecule has 1 unspecified atom stereocenters. The Balaban J connectivity index is 2.29. The van der Waals surface area contributed by atoms with Gasteiger partial charge in [0.1, 0.15) is 11.9 Å². The van der Waals surface area contributed by atoms with Gasteiger partial charge in [0.25, 0.3) is 0 Å². The van der Waals surface area contributed by atoms with Crippen LogP contribution in [0.25, 0.3) is 0 Å². The fourth-order valence-corrected chi connectivity index (χ4v) is 2.93. The van der Waals surface area contributed by atoms with Crippen molar-refractivity contribution in [3.63, 3.8) is 0 Å². The van der Waals surface area contributed by atoms with Crippen LogP contribution in [0, 0.1) is 0 Å². The molecule has 0 spiro atoms. The number of hydrogen-bond acceptors (Lipinski definition) is 3. The summed E-state index contributed by atoms with van der Waals surface area (Å²) in [5.74, 6) is 0.797. The molecular weight excluding hydrogens is 318 g/mol. The molecule has 0 radical (unpaired) electrons. The summed E-state index contributed by atoms with van der Waals surface area (Å²) in [6.45, 7) is 0.818. The highest BCUT2D eigenvalue weighted by Gasteiger charge is 2.33. The van der Waals surface area contributed by atoms with Crippen molar-refractivity contribution in [1.82, 2.24) is 9.88 Å². The number of carbonyl (C=O) groups is 1. The maximum atomic E-state index is 12.1. The van der Waals surface area contributed by atoms with Crippen LogP contribution in [0.1, 0.15) is 12.8 Å². The van der Waals surface area contributed by atoms with Gasteiger partial charge in [-0.05, 0) is 34.8 Å². The molecule has 0 N–H and O–H groups in total. The summed E-state index contributed by atoms with van der Waals surface area (Å²) in [7, 11) is 3.55. The normalized spacial score (nSPS) is 19.1. The number of likely N-dealkylation sites (N-methyl/N-ethyl adjacent to an activating group) is 1. The van der Waals surface area contributed by atoms with Gasteiger partial charge in [0.05, 0.1) is 5.02 Å². The monoisotopic (exact) mass is 331 g/mol. The second-order valence-electron chi connectivity index (χ2n) is 4.54.